The molecule has 15 heavy (non-hydrogen) atoms. The average Bonchev–Trinajstić information content (AvgIpc) is 2.77. The molecule has 84 valence electrons. The molecule has 1 unspecified atom stereocenters. The molecule has 1 saturated carbocycles. The zero-order valence-electron chi connectivity index (χ0n) is 9.71. The minimum atomic E-state index is 0.211. The van der Waals surface area contributed by atoms with Gasteiger partial charge >= 0.3 is 0 Å². The van der Waals surface area contributed by atoms with Gasteiger partial charge in [0.1, 0.15) is 0 Å². The molecule has 1 aromatic heterocycles. The van der Waals surface area contributed by atoms with Crippen molar-refractivity contribution < 1.29 is 4.52 Å². The largest absolute Gasteiger partial charge is 0.339 e. The fourth-order valence-corrected chi connectivity index (χ4v) is 1.68. The van der Waals surface area contributed by atoms with Crippen LogP contribution in [0.4, 0.5) is 0 Å². The third-order valence-electron chi connectivity index (χ3n) is 3.04. The Morgan fingerprint density at radius 1 is 1.53 bits per heavy atom. The predicted molar refractivity (Wildman–Crippen MR) is 57.7 cm³/mol. The second-order valence-corrected chi connectivity index (χ2v) is 4.74. The van der Waals surface area contributed by atoms with E-state index in [1.165, 1.54) is 12.8 Å². The molecule has 0 aliphatic heterocycles. The van der Waals surface area contributed by atoms with Crippen molar-refractivity contribution in [2.75, 3.05) is 6.54 Å². The third kappa shape index (κ3) is 2.37. The Morgan fingerprint density at radius 3 is 2.87 bits per heavy atom. The quantitative estimate of drug-likeness (QED) is 0.801. The molecular weight excluding hydrogens is 190 g/mol. The van der Waals surface area contributed by atoms with Crippen LogP contribution in [0.15, 0.2) is 4.52 Å². The molecule has 0 spiro atoms. The van der Waals surface area contributed by atoms with Gasteiger partial charge in [0.2, 0.25) is 5.89 Å². The lowest BCUT2D eigenvalue weighted by atomic mass is 10.1. The summed E-state index contributed by atoms with van der Waals surface area (Å²) in [6.45, 7) is 7.39. The molecule has 1 heterocycles. The second-order valence-electron chi connectivity index (χ2n) is 4.74. The van der Waals surface area contributed by atoms with E-state index in [9.17, 15) is 0 Å². The van der Waals surface area contributed by atoms with Gasteiger partial charge in [-0.1, -0.05) is 19.0 Å². The average molecular weight is 209 g/mol. The number of likely N-dealkylation sites (N-methyl/N-ethyl adjacent to an activating group) is 1. The van der Waals surface area contributed by atoms with Crippen LogP contribution in [0.3, 0.4) is 0 Å². The maximum Gasteiger partial charge on any atom is 0.228 e. The van der Waals surface area contributed by atoms with Gasteiger partial charge in [0.15, 0.2) is 5.82 Å². The summed E-state index contributed by atoms with van der Waals surface area (Å²) in [5.41, 5.74) is 0.211. The van der Waals surface area contributed by atoms with Gasteiger partial charge in [0.25, 0.3) is 0 Å². The van der Waals surface area contributed by atoms with Crippen molar-refractivity contribution in [3.63, 3.8) is 0 Å². The molecule has 4 heteroatoms. The Bertz CT molecular complexity index is 330. The Hall–Kier alpha value is -0.900. The maximum atomic E-state index is 5.25. The van der Waals surface area contributed by atoms with E-state index in [-0.39, 0.29) is 5.41 Å². The summed E-state index contributed by atoms with van der Waals surface area (Å²) in [4.78, 5) is 4.45. The zero-order valence-corrected chi connectivity index (χ0v) is 9.71. The summed E-state index contributed by atoms with van der Waals surface area (Å²) < 4.78 is 5.25. The summed E-state index contributed by atoms with van der Waals surface area (Å²) in [5.74, 6) is 1.65. The van der Waals surface area contributed by atoms with E-state index in [0.29, 0.717) is 6.04 Å². The van der Waals surface area contributed by atoms with Crippen LogP contribution in [0, 0.1) is 0 Å². The Balaban J connectivity index is 1.95. The summed E-state index contributed by atoms with van der Waals surface area (Å²) in [6, 6.07) is 0.398. The van der Waals surface area contributed by atoms with Gasteiger partial charge in [-0.2, -0.15) is 4.98 Å². The normalized spacial score (nSPS) is 20.2. The summed E-state index contributed by atoms with van der Waals surface area (Å²) in [5, 5.41) is 7.38. The van der Waals surface area contributed by atoms with Gasteiger partial charge in [0, 0.05) is 17.9 Å². The van der Waals surface area contributed by atoms with Crippen LogP contribution in [0.5, 0.6) is 0 Å². The molecule has 2 rings (SSSR count). The molecular formula is C11H19N3O. The highest BCUT2D eigenvalue weighted by molar-refractivity contribution is 5.14. The zero-order chi connectivity index (χ0) is 10.9. The van der Waals surface area contributed by atoms with E-state index in [1.807, 2.05) is 0 Å². The van der Waals surface area contributed by atoms with Crippen molar-refractivity contribution in [1.29, 1.82) is 0 Å². The Kier molecular flexibility index (Phi) is 2.78. The second kappa shape index (κ2) is 3.93. The SMILES string of the molecule is CCNC(C)Cc1nc(C2(C)CC2)no1. The molecule has 0 amide bonds. The van der Waals surface area contributed by atoms with Crippen LogP contribution in [0.1, 0.15) is 45.3 Å². The van der Waals surface area contributed by atoms with E-state index >= 15 is 0 Å². The lowest BCUT2D eigenvalue weighted by Gasteiger charge is -2.08. The number of hydrogen-bond acceptors (Lipinski definition) is 4. The molecule has 0 bridgehead atoms. The van der Waals surface area contributed by atoms with E-state index < -0.39 is 0 Å². The van der Waals surface area contributed by atoms with E-state index in [0.717, 1.165) is 24.7 Å². The highest BCUT2D eigenvalue weighted by Crippen LogP contribution is 2.45. The Morgan fingerprint density at radius 2 is 2.27 bits per heavy atom. The van der Waals surface area contributed by atoms with Crippen LogP contribution in [-0.2, 0) is 11.8 Å². The molecule has 0 radical (unpaired) electrons. The number of hydrogen-bond donors (Lipinski definition) is 1. The molecule has 1 fully saturated rings. The van der Waals surface area contributed by atoms with Crippen LogP contribution in [-0.4, -0.2) is 22.7 Å². The van der Waals surface area contributed by atoms with Crippen LogP contribution in [0.25, 0.3) is 0 Å². The fourth-order valence-electron chi connectivity index (χ4n) is 1.68. The van der Waals surface area contributed by atoms with Gasteiger partial charge in [-0.3, -0.25) is 0 Å². The first kappa shape index (κ1) is 10.6. The van der Waals surface area contributed by atoms with Crippen molar-refractivity contribution in [2.24, 2.45) is 0 Å². The lowest BCUT2D eigenvalue weighted by Crippen LogP contribution is -2.27. The number of aromatic nitrogens is 2. The van der Waals surface area contributed by atoms with Gasteiger partial charge in [0.05, 0.1) is 0 Å². The van der Waals surface area contributed by atoms with E-state index in [2.05, 4.69) is 36.2 Å². The van der Waals surface area contributed by atoms with Gasteiger partial charge in [-0.25, -0.2) is 0 Å². The summed E-state index contributed by atoms with van der Waals surface area (Å²) in [6.07, 6.45) is 3.19. The van der Waals surface area contributed by atoms with Crippen molar-refractivity contribution in [2.45, 2.75) is 51.5 Å². The minimum Gasteiger partial charge on any atom is -0.339 e. The molecule has 4 nitrogen and oxygen atoms in total. The maximum absolute atomic E-state index is 5.25. The number of nitrogens with one attached hydrogen (secondary N) is 1. The molecule has 1 N–H and O–H groups in total. The highest BCUT2D eigenvalue weighted by Gasteiger charge is 2.43. The topological polar surface area (TPSA) is 51.0 Å². The fraction of sp³-hybridized carbons (Fsp3) is 0.818. The van der Waals surface area contributed by atoms with Crippen LogP contribution >= 0.6 is 0 Å². The molecule has 1 atom stereocenters. The molecule has 1 aromatic rings. The number of nitrogens with zero attached hydrogens (tertiary/aromatic N) is 2. The predicted octanol–water partition coefficient (Wildman–Crippen LogP) is 1.66. The van der Waals surface area contributed by atoms with E-state index in [1.54, 1.807) is 0 Å². The molecule has 0 aromatic carbocycles. The summed E-state index contributed by atoms with van der Waals surface area (Å²) in [7, 11) is 0. The van der Waals surface area contributed by atoms with Crippen molar-refractivity contribution in [1.82, 2.24) is 15.5 Å². The number of rotatable bonds is 5. The van der Waals surface area contributed by atoms with E-state index in [4.69, 9.17) is 4.52 Å². The smallest absolute Gasteiger partial charge is 0.228 e. The third-order valence-corrected chi connectivity index (χ3v) is 3.04. The van der Waals surface area contributed by atoms with Crippen molar-refractivity contribution in [3.05, 3.63) is 11.7 Å². The summed E-state index contributed by atoms with van der Waals surface area (Å²) >= 11 is 0. The van der Waals surface area contributed by atoms with Crippen molar-refractivity contribution in [3.8, 4) is 0 Å². The van der Waals surface area contributed by atoms with Gasteiger partial charge < -0.3 is 9.84 Å². The minimum absolute atomic E-state index is 0.211. The lowest BCUT2D eigenvalue weighted by molar-refractivity contribution is 0.356. The monoisotopic (exact) mass is 209 g/mol. The van der Waals surface area contributed by atoms with Gasteiger partial charge in [-0.15, -0.1) is 0 Å². The highest BCUT2D eigenvalue weighted by atomic mass is 16.5. The van der Waals surface area contributed by atoms with Crippen LogP contribution in [0.2, 0.25) is 0 Å². The van der Waals surface area contributed by atoms with Crippen LogP contribution < -0.4 is 5.32 Å². The first-order valence-corrected chi connectivity index (χ1v) is 5.70. The molecule has 1 aliphatic rings. The Labute approximate surface area is 90.4 Å². The first-order chi connectivity index (χ1) is 7.14. The first-order valence-electron chi connectivity index (χ1n) is 5.70. The molecule has 0 saturated heterocycles. The van der Waals surface area contributed by atoms with Crippen molar-refractivity contribution >= 4 is 0 Å². The van der Waals surface area contributed by atoms with Gasteiger partial charge in [-0.05, 0) is 26.3 Å². The molecule has 1 aliphatic carbocycles. The standard InChI is InChI=1S/C11H19N3O/c1-4-12-8(2)7-9-13-10(14-15-9)11(3)5-6-11/h8,12H,4-7H2,1-3H3.